The highest BCUT2D eigenvalue weighted by atomic mass is 32.2. The molecule has 8 heteroatoms. The number of hydrogen-bond donors (Lipinski definition) is 1. The summed E-state index contributed by atoms with van der Waals surface area (Å²) in [6, 6.07) is 5.48. The molecular weight excluding hydrogens is 311 g/mol. The fourth-order valence-corrected chi connectivity index (χ4v) is 4.59. The Morgan fingerprint density at radius 1 is 1.27 bits per heavy atom. The maximum atomic E-state index is 12.9. The number of nitrogens with zero attached hydrogens (tertiary/aromatic N) is 2. The van der Waals surface area contributed by atoms with E-state index in [1.165, 1.54) is 32.9 Å². The van der Waals surface area contributed by atoms with Crippen LogP contribution < -0.4 is 0 Å². The third-order valence-electron chi connectivity index (χ3n) is 4.11. The summed E-state index contributed by atoms with van der Waals surface area (Å²) in [6.45, 7) is 2.79. The van der Waals surface area contributed by atoms with Gasteiger partial charge >= 0.3 is 0 Å². The van der Waals surface area contributed by atoms with Crippen LogP contribution in [0.3, 0.4) is 0 Å². The van der Waals surface area contributed by atoms with E-state index in [-0.39, 0.29) is 19.2 Å². The Balaban J connectivity index is 1.70. The number of aliphatic hydroxyl groups is 1. The molecule has 2 saturated heterocycles. The van der Waals surface area contributed by atoms with E-state index in [2.05, 4.69) is 0 Å². The molecule has 2 aliphatic rings. The number of benzene rings is 1. The van der Waals surface area contributed by atoms with Crippen LogP contribution in [0.5, 0.6) is 0 Å². The Bertz CT molecular complexity index is 643. The first kappa shape index (κ1) is 15.8. The fraction of sp³-hybridized carbons (Fsp3) is 0.571. The summed E-state index contributed by atoms with van der Waals surface area (Å²) in [5.41, 5.74) is -0.728. The monoisotopic (exact) mass is 330 g/mol. The standard InChI is InChI=1S/C14H19FN2O4S/c1-11-8-16(6-7-21-11)22(19,20)17-9-14(18,10-17)12-2-4-13(15)5-3-12/h2-5,11,18H,6-10H2,1H3. The minimum atomic E-state index is -3.59. The van der Waals surface area contributed by atoms with Crippen LogP contribution in [0, 0.1) is 5.82 Å². The van der Waals surface area contributed by atoms with Crippen LogP contribution in [0.2, 0.25) is 0 Å². The molecule has 3 rings (SSSR count). The fourth-order valence-electron chi connectivity index (χ4n) is 2.80. The molecule has 1 aromatic rings. The number of halogens is 1. The van der Waals surface area contributed by atoms with Crippen molar-refractivity contribution in [3.63, 3.8) is 0 Å². The molecular formula is C14H19FN2O4S. The van der Waals surface area contributed by atoms with Gasteiger partial charge in [0.1, 0.15) is 11.4 Å². The van der Waals surface area contributed by atoms with Gasteiger partial charge in [-0.3, -0.25) is 0 Å². The van der Waals surface area contributed by atoms with Crippen molar-refractivity contribution >= 4 is 10.2 Å². The van der Waals surface area contributed by atoms with Gasteiger partial charge in [-0.1, -0.05) is 12.1 Å². The number of hydrogen-bond acceptors (Lipinski definition) is 4. The molecule has 6 nitrogen and oxygen atoms in total. The smallest absolute Gasteiger partial charge is 0.282 e. The molecule has 0 radical (unpaired) electrons. The van der Waals surface area contributed by atoms with Crippen LogP contribution in [-0.4, -0.2) is 61.0 Å². The van der Waals surface area contributed by atoms with E-state index in [1.807, 2.05) is 6.92 Å². The quantitative estimate of drug-likeness (QED) is 0.865. The van der Waals surface area contributed by atoms with Crippen LogP contribution in [0.1, 0.15) is 12.5 Å². The first-order chi connectivity index (χ1) is 10.3. The van der Waals surface area contributed by atoms with Gasteiger partial charge in [0.15, 0.2) is 0 Å². The van der Waals surface area contributed by atoms with E-state index in [4.69, 9.17) is 4.74 Å². The van der Waals surface area contributed by atoms with Gasteiger partial charge in [-0.25, -0.2) is 4.39 Å². The van der Waals surface area contributed by atoms with Crippen molar-refractivity contribution in [1.29, 1.82) is 0 Å². The largest absolute Gasteiger partial charge is 0.382 e. The maximum absolute atomic E-state index is 12.9. The second-order valence-corrected chi connectivity index (χ2v) is 7.78. The van der Waals surface area contributed by atoms with Crippen molar-refractivity contribution in [3.8, 4) is 0 Å². The van der Waals surface area contributed by atoms with E-state index in [0.717, 1.165) is 0 Å². The minimum absolute atomic E-state index is 0.0211. The molecule has 1 unspecified atom stereocenters. The lowest BCUT2D eigenvalue weighted by atomic mass is 9.88. The highest BCUT2D eigenvalue weighted by Crippen LogP contribution is 2.35. The third-order valence-corrected chi connectivity index (χ3v) is 6.01. The summed E-state index contributed by atoms with van der Waals surface area (Å²) in [7, 11) is -3.59. The molecule has 0 amide bonds. The van der Waals surface area contributed by atoms with E-state index in [9.17, 15) is 17.9 Å². The molecule has 1 aromatic carbocycles. The highest BCUT2D eigenvalue weighted by Gasteiger charge is 2.50. The number of morpholine rings is 1. The second kappa shape index (κ2) is 5.54. The van der Waals surface area contributed by atoms with Crippen LogP contribution in [0.4, 0.5) is 4.39 Å². The normalized spacial score (nSPS) is 26.6. The van der Waals surface area contributed by atoms with Gasteiger partial charge in [0.05, 0.1) is 12.7 Å². The summed E-state index contributed by atoms with van der Waals surface area (Å²) < 4.78 is 45.9. The zero-order valence-corrected chi connectivity index (χ0v) is 13.1. The molecule has 1 N–H and O–H groups in total. The summed E-state index contributed by atoms with van der Waals surface area (Å²) in [4.78, 5) is 0. The first-order valence-electron chi connectivity index (χ1n) is 7.16. The van der Waals surface area contributed by atoms with Crippen LogP contribution in [-0.2, 0) is 20.5 Å². The van der Waals surface area contributed by atoms with Gasteiger partial charge in [-0.05, 0) is 24.6 Å². The highest BCUT2D eigenvalue weighted by molar-refractivity contribution is 7.86. The van der Waals surface area contributed by atoms with Gasteiger partial charge < -0.3 is 9.84 Å². The summed E-state index contributed by atoms with van der Waals surface area (Å²) in [5.74, 6) is -0.390. The van der Waals surface area contributed by atoms with Gasteiger partial charge in [-0.2, -0.15) is 17.0 Å². The maximum Gasteiger partial charge on any atom is 0.282 e. The average molecular weight is 330 g/mol. The van der Waals surface area contributed by atoms with Crippen molar-refractivity contribution in [2.24, 2.45) is 0 Å². The predicted molar refractivity (Wildman–Crippen MR) is 77.8 cm³/mol. The number of ether oxygens (including phenoxy) is 1. The molecule has 2 heterocycles. The van der Waals surface area contributed by atoms with Crippen LogP contribution in [0.15, 0.2) is 24.3 Å². The van der Waals surface area contributed by atoms with Crippen molar-refractivity contribution < 1.29 is 22.7 Å². The SMILES string of the molecule is CC1CN(S(=O)(=O)N2CC(O)(c3ccc(F)cc3)C2)CCO1. The number of β-amino-alcohol motifs (C(OH)–C–C–N with tert-alkyl or cyclic N) is 1. The molecule has 0 aromatic heterocycles. The molecule has 0 aliphatic carbocycles. The van der Waals surface area contributed by atoms with E-state index in [0.29, 0.717) is 25.3 Å². The molecule has 22 heavy (non-hydrogen) atoms. The lowest BCUT2D eigenvalue weighted by molar-refractivity contribution is -0.0694. The summed E-state index contributed by atoms with van der Waals surface area (Å²) in [6.07, 6.45) is -0.138. The van der Waals surface area contributed by atoms with Gasteiger partial charge in [0, 0.05) is 26.2 Å². The Hall–Kier alpha value is -1.06. The minimum Gasteiger partial charge on any atom is -0.382 e. The van der Waals surface area contributed by atoms with Gasteiger partial charge in [0.25, 0.3) is 10.2 Å². The van der Waals surface area contributed by atoms with Crippen molar-refractivity contribution in [2.45, 2.75) is 18.6 Å². The zero-order valence-electron chi connectivity index (χ0n) is 12.3. The van der Waals surface area contributed by atoms with Crippen LogP contribution >= 0.6 is 0 Å². The molecule has 2 fully saturated rings. The topological polar surface area (TPSA) is 70.1 Å². The van der Waals surface area contributed by atoms with E-state index < -0.39 is 21.6 Å². The Morgan fingerprint density at radius 2 is 1.91 bits per heavy atom. The van der Waals surface area contributed by atoms with Crippen molar-refractivity contribution in [3.05, 3.63) is 35.6 Å². The summed E-state index contributed by atoms with van der Waals surface area (Å²) in [5, 5.41) is 10.5. The lowest BCUT2D eigenvalue weighted by Crippen LogP contribution is -2.64. The van der Waals surface area contributed by atoms with Crippen molar-refractivity contribution in [1.82, 2.24) is 8.61 Å². The van der Waals surface area contributed by atoms with Gasteiger partial charge in [0.2, 0.25) is 0 Å². The molecule has 2 aliphatic heterocycles. The first-order valence-corrected chi connectivity index (χ1v) is 8.56. The second-order valence-electron chi connectivity index (χ2n) is 5.85. The van der Waals surface area contributed by atoms with Crippen molar-refractivity contribution in [2.75, 3.05) is 32.8 Å². The average Bonchev–Trinajstić information content (AvgIpc) is 2.44. The Labute approximate surface area is 129 Å². The Morgan fingerprint density at radius 3 is 2.50 bits per heavy atom. The van der Waals surface area contributed by atoms with Gasteiger partial charge in [-0.15, -0.1) is 0 Å². The third kappa shape index (κ3) is 2.77. The van der Waals surface area contributed by atoms with E-state index in [1.54, 1.807) is 0 Å². The van der Waals surface area contributed by atoms with E-state index >= 15 is 0 Å². The number of rotatable bonds is 3. The predicted octanol–water partition coefficient (Wildman–Crippen LogP) is 0.294. The lowest BCUT2D eigenvalue weighted by Gasteiger charge is -2.47. The summed E-state index contributed by atoms with van der Waals surface area (Å²) >= 11 is 0. The molecule has 0 spiro atoms. The Kier molecular flexibility index (Phi) is 3.98. The molecule has 0 saturated carbocycles. The van der Waals surface area contributed by atoms with Crippen LogP contribution in [0.25, 0.3) is 0 Å². The molecule has 1 atom stereocenters. The zero-order chi connectivity index (χ0) is 16.0. The molecule has 122 valence electrons. The molecule has 0 bridgehead atoms.